The second-order valence-corrected chi connectivity index (χ2v) is 2.68. The van der Waals surface area contributed by atoms with Crippen LogP contribution in [0.25, 0.3) is 0 Å². The smallest absolute Gasteiger partial charge is 0.306 e. The number of rotatable bonds is 6. The van der Waals surface area contributed by atoms with E-state index in [0.717, 1.165) is 13.1 Å². The Morgan fingerprint density at radius 3 is 2.33 bits per heavy atom. The summed E-state index contributed by atoms with van der Waals surface area (Å²) in [5, 5.41) is 8.28. The minimum atomic E-state index is -1.25. The molecule has 0 saturated carbocycles. The molecule has 0 aromatic rings. The lowest BCUT2D eigenvalue weighted by Crippen LogP contribution is -2.31. The average Bonchev–Trinajstić information content (AvgIpc) is 1.98. The van der Waals surface area contributed by atoms with Gasteiger partial charge < -0.3 is 10.0 Å². The molecule has 4 heteroatoms. The molecule has 3 nitrogen and oxygen atoms in total. The van der Waals surface area contributed by atoms with Gasteiger partial charge in [-0.05, 0) is 13.1 Å². The fraction of sp³-hybridized carbons (Fsp3) is 0.875. The first kappa shape index (κ1) is 11.4. The van der Waals surface area contributed by atoms with Gasteiger partial charge in [0.1, 0.15) is 6.17 Å². The molecule has 0 aromatic heterocycles. The third-order valence-electron chi connectivity index (χ3n) is 1.75. The second-order valence-electron chi connectivity index (χ2n) is 2.68. The van der Waals surface area contributed by atoms with Crippen LogP contribution in [0.15, 0.2) is 0 Å². The van der Waals surface area contributed by atoms with E-state index in [4.69, 9.17) is 5.11 Å². The van der Waals surface area contributed by atoms with E-state index in [-0.39, 0.29) is 6.54 Å². The van der Waals surface area contributed by atoms with Crippen LogP contribution in [0.5, 0.6) is 0 Å². The van der Waals surface area contributed by atoms with E-state index in [1.54, 1.807) is 0 Å². The molecule has 0 radical (unpaired) electrons. The number of alkyl halides is 1. The van der Waals surface area contributed by atoms with Crippen LogP contribution in [-0.4, -0.2) is 41.8 Å². The van der Waals surface area contributed by atoms with Crippen LogP contribution in [0.1, 0.15) is 20.3 Å². The van der Waals surface area contributed by atoms with Crippen LogP contribution in [0.4, 0.5) is 4.39 Å². The number of aliphatic carboxylic acids is 1. The Bertz CT molecular complexity index is 137. The summed E-state index contributed by atoms with van der Waals surface area (Å²) >= 11 is 0. The zero-order chi connectivity index (χ0) is 9.56. The highest BCUT2D eigenvalue weighted by molar-refractivity contribution is 5.67. The van der Waals surface area contributed by atoms with E-state index in [1.165, 1.54) is 0 Å². The van der Waals surface area contributed by atoms with Gasteiger partial charge in [-0.3, -0.25) is 4.79 Å². The SMILES string of the molecule is CCN(CC)CC(F)CC(=O)O. The Balaban J connectivity index is 3.65. The van der Waals surface area contributed by atoms with Crippen molar-refractivity contribution in [1.29, 1.82) is 0 Å². The monoisotopic (exact) mass is 177 g/mol. The van der Waals surface area contributed by atoms with Crippen molar-refractivity contribution in [3.63, 3.8) is 0 Å². The van der Waals surface area contributed by atoms with Crippen molar-refractivity contribution >= 4 is 5.97 Å². The van der Waals surface area contributed by atoms with Crippen molar-refractivity contribution in [2.24, 2.45) is 0 Å². The molecule has 0 heterocycles. The first-order valence-corrected chi connectivity index (χ1v) is 4.18. The molecule has 1 atom stereocenters. The minimum Gasteiger partial charge on any atom is -0.481 e. The van der Waals surface area contributed by atoms with E-state index in [1.807, 2.05) is 18.7 Å². The van der Waals surface area contributed by atoms with Gasteiger partial charge in [0.25, 0.3) is 0 Å². The predicted molar refractivity (Wildman–Crippen MR) is 44.9 cm³/mol. The van der Waals surface area contributed by atoms with Crippen molar-refractivity contribution < 1.29 is 14.3 Å². The number of carboxylic acid groups (broad SMARTS) is 1. The molecule has 0 spiro atoms. The van der Waals surface area contributed by atoms with Gasteiger partial charge in [-0.25, -0.2) is 4.39 Å². The second kappa shape index (κ2) is 5.94. The molecule has 0 aliphatic heterocycles. The van der Waals surface area contributed by atoms with Gasteiger partial charge >= 0.3 is 5.97 Å². The van der Waals surface area contributed by atoms with Crippen LogP contribution in [-0.2, 0) is 4.79 Å². The molecule has 0 aliphatic rings. The molecule has 72 valence electrons. The Kier molecular flexibility index (Phi) is 5.62. The molecule has 0 bridgehead atoms. The lowest BCUT2D eigenvalue weighted by molar-refractivity contribution is -0.138. The van der Waals surface area contributed by atoms with Gasteiger partial charge in [-0.2, -0.15) is 0 Å². The molecule has 12 heavy (non-hydrogen) atoms. The first-order chi connectivity index (χ1) is 5.60. The number of hydrogen-bond donors (Lipinski definition) is 1. The van der Waals surface area contributed by atoms with Gasteiger partial charge in [-0.15, -0.1) is 0 Å². The zero-order valence-electron chi connectivity index (χ0n) is 7.59. The fourth-order valence-electron chi connectivity index (χ4n) is 1.02. The highest BCUT2D eigenvalue weighted by atomic mass is 19.1. The third kappa shape index (κ3) is 5.07. The fourth-order valence-corrected chi connectivity index (χ4v) is 1.02. The molecule has 0 aromatic carbocycles. The zero-order valence-corrected chi connectivity index (χ0v) is 7.59. The molecule has 1 unspecified atom stereocenters. The molecule has 1 N–H and O–H groups in total. The maximum Gasteiger partial charge on any atom is 0.306 e. The van der Waals surface area contributed by atoms with E-state index >= 15 is 0 Å². The standard InChI is InChI=1S/C8H16FNO2/c1-3-10(4-2)6-7(9)5-8(11)12/h7H,3-6H2,1-2H3,(H,11,12). The predicted octanol–water partition coefficient (Wildman–Crippen LogP) is 1.14. The third-order valence-corrected chi connectivity index (χ3v) is 1.75. The van der Waals surface area contributed by atoms with E-state index in [9.17, 15) is 9.18 Å². The van der Waals surface area contributed by atoms with Crippen molar-refractivity contribution in [2.75, 3.05) is 19.6 Å². The number of carbonyl (C=O) groups is 1. The van der Waals surface area contributed by atoms with Crippen LogP contribution in [0.2, 0.25) is 0 Å². The summed E-state index contributed by atoms with van der Waals surface area (Å²) in [6, 6.07) is 0. The van der Waals surface area contributed by atoms with Crippen LogP contribution in [0.3, 0.4) is 0 Å². The van der Waals surface area contributed by atoms with Gasteiger partial charge in [0.15, 0.2) is 0 Å². The normalized spacial score (nSPS) is 13.3. The first-order valence-electron chi connectivity index (χ1n) is 4.18. The van der Waals surface area contributed by atoms with Gasteiger partial charge in [0.2, 0.25) is 0 Å². The number of hydrogen-bond acceptors (Lipinski definition) is 2. The maximum atomic E-state index is 12.9. The van der Waals surface area contributed by atoms with Gasteiger partial charge in [-0.1, -0.05) is 13.8 Å². The topological polar surface area (TPSA) is 40.5 Å². The van der Waals surface area contributed by atoms with Crippen molar-refractivity contribution in [2.45, 2.75) is 26.4 Å². The quantitative estimate of drug-likeness (QED) is 0.661. The van der Waals surface area contributed by atoms with Crippen LogP contribution in [0, 0.1) is 0 Å². The van der Waals surface area contributed by atoms with Crippen LogP contribution < -0.4 is 0 Å². The Hall–Kier alpha value is -0.640. The lowest BCUT2D eigenvalue weighted by Gasteiger charge is -2.19. The maximum absolute atomic E-state index is 12.9. The summed E-state index contributed by atoms with van der Waals surface area (Å²) in [5.41, 5.74) is 0. The highest BCUT2D eigenvalue weighted by Crippen LogP contribution is 2.01. The Labute approximate surface area is 72.2 Å². The summed E-state index contributed by atoms with van der Waals surface area (Å²) in [6.45, 7) is 5.60. The van der Waals surface area contributed by atoms with Crippen molar-refractivity contribution in [3.05, 3.63) is 0 Å². The molecule has 0 fully saturated rings. The Morgan fingerprint density at radius 1 is 1.50 bits per heavy atom. The van der Waals surface area contributed by atoms with E-state index in [2.05, 4.69) is 0 Å². The number of carboxylic acids is 1. The van der Waals surface area contributed by atoms with E-state index < -0.39 is 18.6 Å². The molecule has 0 rings (SSSR count). The van der Waals surface area contributed by atoms with Crippen molar-refractivity contribution in [3.8, 4) is 0 Å². The van der Waals surface area contributed by atoms with E-state index in [0.29, 0.717) is 0 Å². The number of nitrogens with zero attached hydrogens (tertiary/aromatic N) is 1. The molecule has 0 amide bonds. The summed E-state index contributed by atoms with van der Waals surface area (Å²) in [5.74, 6) is -1.07. The number of halogens is 1. The summed E-state index contributed by atoms with van der Waals surface area (Å²) < 4.78 is 12.9. The summed E-state index contributed by atoms with van der Waals surface area (Å²) in [4.78, 5) is 12.0. The van der Waals surface area contributed by atoms with Crippen molar-refractivity contribution in [1.82, 2.24) is 4.90 Å². The molecular weight excluding hydrogens is 161 g/mol. The van der Waals surface area contributed by atoms with Gasteiger partial charge in [0.05, 0.1) is 6.42 Å². The lowest BCUT2D eigenvalue weighted by atomic mass is 10.2. The Morgan fingerprint density at radius 2 is 2.00 bits per heavy atom. The molecular formula is C8H16FNO2. The molecule has 0 saturated heterocycles. The average molecular weight is 177 g/mol. The largest absolute Gasteiger partial charge is 0.481 e. The molecule has 0 aliphatic carbocycles. The van der Waals surface area contributed by atoms with Gasteiger partial charge in [0, 0.05) is 6.54 Å². The highest BCUT2D eigenvalue weighted by Gasteiger charge is 2.13. The van der Waals surface area contributed by atoms with Crippen LogP contribution >= 0.6 is 0 Å². The summed E-state index contributed by atoms with van der Waals surface area (Å²) in [6.07, 6.45) is -1.64. The summed E-state index contributed by atoms with van der Waals surface area (Å²) in [7, 11) is 0. The minimum absolute atomic E-state index is 0.222.